The van der Waals surface area contributed by atoms with Gasteiger partial charge in [0.2, 0.25) is 0 Å². The number of hydrogen-bond donors (Lipinski definition) is 0. The molecule has 0 aromatic rings. The van der Waals surface area contributed by atoms with E-state index >= 15 is 0 Å². The first-order chi connectivity index (χ1) is 43.9. The van der Waals surface area contributed by atoms with Crippen molar-refractivity contribution in [3.05, 3.63) is 0 Å². The highest BCUT2D eigenvalue weighted by Crippen LogP contribution is 2.45. The van der Waals surface area contributed by atoms with Crippen LogP contribution in [0.1, 0.15) is 270 Å². The van der Waals surface area contributed by atoms with Gasteiger partial charge in [0.25, 0.3) is 12.2 Å². The molecule has 99 heavy (non-hydrogen) atoms. The Kier molecular flexibility index (Phi) is 44.2. The zero-order valence-corrected chi connectivity index (χ0v) is 63.1. The van der Waals surface area contributed by atoms with Crippen LogP contribution in [0.5, 0.6) is 0 Å². The highest BCUT2D eigenvalue weighted by atomic mass is 19.4. The topological polar surface area (TPSA) is 158 Å². The Hall–Kier alpha value is -4.44. The summed E-state index contributed by atoms with van der Waals surface area (Å²) in [5, 5.41) is 0. The maximum absolute atomic E-state index is 12.5. The summed E-state index contributed by atoms with van der Waals surface area (Å²) in [5.74, 6) is -3.06. The monoisotopic (exact) mass is 1480 g/mol. The summed E-state index contributed by atoms with van der Waals surface area (Å²) in [7, 11) is 0. The summed E-state index contributed by atoms with van der Waals surface area (Å²) >= 11 is 0. The molecule has 1 aliphatic carbocycles. The summed E-state index contributed by atoms with van der Waals surface area (Å²) < 4.78 is 245. The van der Waals surface area contributed by atoms with Crippen LogP contribution in [0, 0.1) is 61.6 Å². The molecule has 0 radical (unpaired) electrons. The van der Waals surface area contributed by atoms with Gasteiger partial charge in [-0.3, -0.25) is 28.8 Å². The molecule has 0 N–H and O–H groups in total. The third-order valence-electron chi connectivity index (χ3n) is 17.7. The lowest BCUT2D eigenvalue weighted by Gasteiger charge is -2.37. The molecule has 2 atom stereocenters. The van der Waals surface area contributed by atoms with E-state index in [1.807, 2.05) is 62.3 Å². The van der Waals surface area contributed by atoms with Crippen molar-refractivity contribution in [1.82, 2.24) is 0 Å². The molecule has 0 amide bonds. The molecule has 30 heteroatoms. The van der Waals surface area contributed by atoms with Crippen LogP contribution < -0.4 is 0 Å². The van der Waals surface area contributed by atoms with Gasteiger partial charge < -0.3 is 28.4 Å². The predicted molar refractivity (Wildman–Crippen MR) is 341 cm³/mol. The molecule has 0 aromatic carbocycles. The maximum atomic E-state index is 12.5. The smallest absolute Gasteiger partial charge is 0.434 e. The van der Waals surface area contributed by atoms with E-state index in [0.29, 0.717) is 36.2 Å². The van der Waals surface area contributed by atoms with Crippen molar-refractivity contribution in [2.45, 2.75) is 331 Å². The number of ether oxygens (including phenoxy) is 6. The van der Waals surface area contributed by atoms with E-state index in [1.165, 1.54) is 52.9 Å². The number of rotatable bonds is 25. The van der Waals surface area contributed by atoms with E-state index in [2.05, 4.69) is 76.5 Å². The lowest BCUT2D eigenvalue weighted by Crippen LogP contribution is -2.51. The van der Waals surface area contributed by atoms with E-state index in [0.717, 1.165) is 51.4 Å². The minimum atomic E-state index is -6.06. The summed E-state index contributed by atoms with van der Waals surface area (Å²) in [6.45, 7) is 46.2. The van der Waals surface area contributed by atoms with Gasteiger partial charge in [0.05, 0.1) is 33.7 Å². The Bertz CT molecular complexity index is 2300. The molecule has 0 saturated heterocycles. The normalized spacial score (nSPS) is 16.3. The van der Waals surface area contributed by atoms with Crippen LogP contribution in [-0.4, -0.2) is 111 Å². The quantitative estimate of drug-likeness (QED) is 0.0485. The number of alkyl halides is 18. The van der Waals surface area contributed by atoms with Gasteiger partial charge in [-0.15, -0.1) is 0 Å². The lowest BCUT2D eigenvalue weighted by atomic mass is 9.72. The third kappa shape index (κ3) is 40.3. The van der Waals surface area contributed by atoms with E-state index in [-0.39, 0.29) is 59.7 Å². The standard InChI is InChI=1S/C16H30O2.C14H28O2.C13H26O2.C9H9F9O2.C9H12F6O2.C8H13F3O2/c1-7-16(5,6)14(17)18-13-10-8-12(9-11-13)15(2,3)4;1-6-9-10-12(7-2)11-16-13(15)14(4,5)8-3;1-8-13(6,7)12(14)15-11(9(2)3)10(4)5;1-3-6(2,9(16,17)18)5(19)20-4(7(10,11)12)8(13,14)15;1-4-7(2,3)6(16)17-5(8(10,11)12)9(13,14)15;1-4-7(2,3)6(12)13-5-8(9,10)11/h12-13H,7-11H2,1-6H3;12H,6-11H2,1-5H3;9-11H,8H2,1-7H3;4H,3H2,1-2H3;5H,4H2,1-3H3;4-5H2,1-3H3. The lowest BCUT2D eigenvalue weighted by molar-refractivity contribution is -0.321. The van der Waals surface area contributed by atoms with Crippen molar-refractivity contribution in [3.8, 4) is 0 Å². The Balaban J connectivity index is -0.000000359. The molecular formula is C69H118F18O12. The van der Waals surface area contributed by atoms with E-state index in [1.54, 1.807) is 20.8 Å². The van der Waals surface area contributed by atoms with Gasteiger partial charge in [-0.2, -0.15) is 79.0 Å². The molecule has 1 rings (SSSR count). The molecule has 0 heterocycles. The van der Waals surface area contributed by atoms with Crippen LogP contribution in [-0.2, 0) is 57.2 Å². The minimum Gasteiger partial charge on any atom is -0.465 e. The van der Waals surface area contributed by atoms with Crippen molar-refractivity contribution in [3.63, 3.8) is 0 Å². The molecular weight excluding hydrogens is 1360 g/mol. The Morgan fingerprint density at radius 3 is 0.980 bits per heavy atom. The van der Waals surface area contributed by atoms with Crippen molar-refractivity contribution in [1.29, 1.82) is 0 Å². The van der Waals surface area contributed by atoms with Crippen LogP contribution in [0.2, 0.25) is 0 Å². The first-order valence-electron chi connectivity index (χ1n) is 33.5. The number of esters is 6. The van der Waals surface area contributed by atoms with Crippen molar-refractivity contribution >= 4 is 35.8 Å². The van der Waals surface area contributed by atoms with Crippen LogP contribution >= 0.6 is 0 Å². The zero-order chi connectivity index (χ0) is 80.1. The largest absolute Gasteiger partial charge is 0.465 e. The summed E-state index contributed by atoms with van der Waals surface area (Å²) in [5.41, 5.74) is -6.33. The molecule has 1 fully saturated rings. The number of hydrogen-bond acceptors (Lipinski definition) is 12. The highest BCUT2D eigenvalue weighted by Gasteiger charge is 2.64. The molecule has 2 unspecified atom stereocenters. The van der Waals surface area contributed by atoms with E-state index < -0.39 is 96.4 Å². The van der Waals surface area contributed by atoms with Crippen LogP contribution in [0.15, 0.2) is 0 Å². The van der Waals surface area contributed by atoms with E-state index in [9.17, 15) is 108 Å². The Morgan fingerprint density at radius 1 is 0.394 bits per heavy atom. The van der Waals surface area contributed by atoms with Crippen LogP contribution in [0.25, 0.3) is 0 Å². The molecule has 0 aliphatic heterocycles. The Labute approximate surface area is 576 Å². The SMILES string of the molecule is CCC(C)(C(=O)OC(C(F)(F)F)C(F)(F)F)C(F)(F)F.CCC(C)(C)C(=O)OC(C(C)C)C(C)C.CCC(C)(C)C(=O)OC(C(F)(F)F)C(F)(F)F.CCC(C)(C)C(=O)OC1CCC(C(C)(C)C)CC1.CCC(C)(C)C(=O)OCC(F)(F)F.CCCCC(CC)COC(=O)C(C)(C)CC. The average Bonchev–Trinajstić information content (AvgIpc) is 0.791. The summed E-state index contributed by atoms with van der Waals surface area (Å²) in [6, 6.07) is 0. The van der Waals surface area contributed by atoms with Crippen molar-refractivity contribution in [2.75, 3.05) is 13.2 Å². The minimum absolute atomic E-state index is 0.0239. The maximum Gasteiger partial charge on any atom is 0.434 e. The number of halogens is 18. The molecule has 12 nitrogen and oxygen atoms in total. The molecule has 592 valence electrons. The second kappa shape index (κ2) is 42.4. The van der Waals surface area contributed by atoms with Gasteiger partial charge >= 0.3 is 72.9 Å². The second-order valence-corrected chi connectivity index (χ2v) is 29.9. The van der Waals surface area contributed by atoms with Crippen molar-refractivity contribution < 1.29 is 136 Å². The predicted octanol–water partition coefficient (Wildman–Crippen LogP) is 22.4. The Morgan fingerprint density at radius 2 is 0.707 bits per heavy atom. The molecule has 1 aliphatic rings. The average molecular weight is 1480 g/mol. The first-order valence-corrected chi connectivity index (χ1v) is 33.5. The molecule has 0 bridgehead atoms. The fourth-order valence-electron chi connectivity index (χ4n) is 7.64. The van der Waals surface area contributed by atoms with Gasteiger partial charge in [-0.25, -0.2) is 0 Å². The summed E-state index contributed by atoms with van der Waals surface area (Å²) in [6.07, 6.45) is -30.7. The summed E-state index contributed by atoms with van der Waals surface area (Å²) in [4.78, 5) is 69.0. The third-order valence-corrected chi connectivity index (χ3v) is 17.7. The van der Waals surface area contributed by atoms with Gasteiger partial charge in [-0.05, 0) is 176 Å². The van der Waals surface area contributed by atoms with Gasteiger partial charge in [-0.1, -0.05) is 123 Å². The molecule has 0 aromatic heterocycles. The van der Waals surface area contributed by atoms with Crippen LogP contribution in [0.4, 0.5) is 79.0 Å². The van der Waals surface area contributed by atoms with Gasteiger partial charge in [0.15, 0.2) is 12.0 Å². The van der Waals surface area contributed by atoms with Crippen LogP contribution in [0.3, 0.4) is 0 Å². The number of carbonyl (C=O) groups is 6. The zero-order valence-electron chi connectivity index (χ0n) is 63.1. The second-order valence-electron chi connectivity index (χ2n) is 29.9. The fourth-order valence-corrected chi connectivity index (χ4v) is 7.64. The van der Waals surface area contributed by atoms with Crippen molar-refractivity contribution in [2.24, 2.45) is 61.6 Å². The fraction of sp³-hybridized carbons (Fsp3) is 0.913. The van der Waals surface area contributed by atoms with Gasteiger partial charge in [0, 0.05) is 0 Å². The van der Waals surface area contributed by atoms with E-state index in [4.69, 9.17) is 14.2 Å². The first kappa shape index (κ1) is 103. The molecule has 0 spiro atoms. The van der Waals surface area contributed by atoms with Gasteiger partial charge in [0.1, 0.15) is 12.2 Å². The number of carbonyl (C=O) groups excluding carboxylic acids is 6. The molecule has 1 saturated carbocycles. The number of unbranched alkanes of at least 4 members (excludes halogenated alkanes) is 1. The highest BCUT2D eigenvalue weighted by molar-refractivity contribution is 5.78.